The Morgan fingerprint density at radius 3 is 2.18 bits per heavy atom. The fourth-order valence-corrected chi connectivity index (χ4v) is 3.75. The molecule has 5 heteroatoms. The molecule has 0 aromatic heterocycles. The summed E-state index contributed by atoms with van der Waals surface area (Å²) in [7, 11) is 0. The van der Waals surface area contributed by atoms with Gasteiger partial charge in [0.05, 0.1) is 0 Å². The van der Waals surface area contributed by atoms with Gasteiger partial charge < -0.3 is 10.2 Å². The Bertz CT molecular complexity index is 735. The summed E-state index contributed by atoms with van der Waals surface area (Å²) in [5, 5.41) is 2.92. The number of carbonyl (C=O) groups is 2. The van der Waals surface area contributed by atoms with Crippen LogP contribution in [0.1, 0.15) is 32.8 Å². The van der Waals surface area contributed by atoms with E-state index in [0.29, 0.717) is 18.7 Å². The molecule has 0 aliphatic carbocycles. The number of benzene rings is 2. The minimum absolute atomic E-state index is 0.0192. The molecule has 2 rings (SSSR count). The molecule has 0 heterocycles. The van der Waals surface area contributed by atoms with E-state index >= 15 is 0 Å². The van der Waals surface area contributed by atoms with Crippen molar-refractivity contribution in [2.75, 3.05) is 12.3 Å². The smallest absolute Gasteiger partial charge is 0.242 e. The van der Waals surface area contributed by atoms with E-state index in [4.69, 9.17) is 0 Å². The Balaban J connectivity index is 1.98. The zero-order valence-electron chi connectivity index (χ0n) is 16.9. The van der Waals surface area contributed by atoms with E-state index in [1.54, 1.807) is 16.7 Å². The van der Waals surface area contributed by atoms with Gasteiger partial charge in [0.1, 0.15) is 6.04 Å². The van der Waals surface area contributed by atoms with Crippen molar-refractivity contribution >= 4 is 23.6 Å². The van der Waals surface area contributed by atoms with Crippen LogP contribution in [0.5, 0.6) is 0 Å². The molecule has 0 saturated heterocycles. The summed E-state index contributed by atoms with van der Waals surface area (Å²) < 4.78 is 0. The van der Waals surface area contributed by atoms with E-state index in [-0.39, 0.29) is 17.9 Å². The van der Waals surface area contributed by atoms with Gasteiger partial charge in [0.15, 0.2) is 0 Å². The summed E-state index contributed by atoms with van der Waals surface area (Å²) in [5.41, 5.74) is 1.16. The number of amides is 2. The number of nitrogens with one attached hydrogen (secondary N) is 1. The molecule has 28 heavy (non-hydrogen) atoms. The fraction of sp³-hybridized carbons (Fsp3) is 0.391. The van der Waals surface area contributed by atoms with Gasteiger partial charge in [-0.15, -0.1) is 11.8 Å². The molecule has 2 aromatic carbocycles. The van der Waals surface area contributed by atoms with Gasteiger partial charge in [-0.25, -0.2) is 0 Å². The molecule has 1 N–H and O–H groups in total. The van der Waals surface area contributed by atoms with Gasteiger partial charge in [-0.05, 0) is 44.9 Å². The minimum Gasteiger partial charge on any atom is -0.352 e. The van der Waals surface area contributed by atoms with Crippen LogP contribution in [0.3, 0.4) is 0 Å². The van der Waals surface area contributed by atoms with Crippen molar-refractivity contribution in [1.29, 1.82) is 0 Å². The molecule has 0 fully saturated rings. The van der Waals surface area contributed by atoms with Crippen LogP contribution in [-0.2, 0) is 16.0 Å². The summed E-state index contributed by atoms with van der Waals surface area (Å²) in [6.07, 6.45) is 1.14. The van der Waals surface area contributed by atoms with Crippen LogP contribution in [0.25, 0.3) is 0 Å². The first kappa shape index (κ1) is 22.0. The van der Waals surface area contributed by atoms with E-state index in [1.165, 1.54) is 0 Å². The maximum Gasteiger partial charge on any atom is 0.242 e. The predicted octanol–water partition coefficient (Wildman–Crippen LogP) is 4.15. The highest BCUT2D eigenvalue weighted by Gasteiger charge is 2.25. The second kappa shape index (κ2) is 11.5. The summed E-state index contributed by atoms with van der Waals surface area (Å²) >= 11 is 1.66. The summed E-state index contributed by atoms with van der Waals surface area (Å²) in [5.74, 6) is 0.612. The third kappa shape index (κ3) is 7.39. The van der Waals surface area contributed by atoms with Crippen LogP contribution < -0.4 is 5.32 Å². The largest absolute Gasteiger partial charge is 0.352 e. The predicted molar refractivity (Wildman–Crippen MR) is 116 cm³/mol. The van der Waals surface area contributed by atoms with Gasteiger partial charge in [0.25, 0.3) is 0 Å². The number of hydrogen-bond donors (Lipinski definition) is 1. The minimum atomic E-state index is -0.486. The van der Waals surface area contributed by atoms with Crippen molar-refractivity contribution < 1.29 is 9.59 Å². The average Bonchev–Trinajstić information content (AvgIpc) is 2.69. The fourth-order valence-electron chi connectivity index (χ4n) is 2.89. The second-order valence-corrected chi connectivity index (χ2v) is 8.24. The molecular formula is C23H30N2O2S. The van der Waals surface area contributed by atoms with Crippen molar-refractivity contribution in [3.05, 3.63) is 66.2 Å². The third-order valence-corrected chi connectivity index (χ3v) is 5.42. The molecule has 0 saturated carbocycles. The zero-order chi connectivity index (χ0) is 20.4. The molecule has 1 atom stereocenters. The highest BCUT2D eigenvalue weighted by molar-refractivity contribution is 7.99. The number of nitrogens with zero attached hydrogens (tertiary/aromatic N) is 1. The molecule has 0 radical (unpaired) electrons. The van der Waals surface area contributed by atoms with Crippen LogP contribution >= 0.6 is 11.8 Å². The lowest BCUT2D eigenvalue weighted by molar-refractivity contribution is -0.139. The lowest BCUT2D eigenvalue weighted by Crippen LogP contribution is -2.50. The van der Waals surface area contributed by atoms with Crippen LogP contribution in [0, 0.1) is 0 Å². The van der Waals surface area contributed by atoms with E-state index < -0.39 is 6.04 Å². The monoisotopic (exact) mass is 398 g/mol. The number of carbonyl (C=O) groups excluding carboxylic acids is 2. The van der Waals surface area contributed by atoms with Crippen molar-refractivity contribution in [3.63, 3.8) is 0 Å². The van der Waals surface area contributed by atoms with Crippen molar-refractivity contribution in [3.8, 4) is 0 Å². The molecule has 2 amide bonds. The SMILES string of the molecule is CC(C)NC(=O)C(C)N(CCc1ccccc1)C(=O)CCSc1ccccc1. The molecule has 0 aliphatic heterocycles. The van der Waals surface area contributed by atoms with Gasteiger partial charge in [0.2, 0.25) is 11.8 Å². The lowest BCUT2D eigenvalue weighted by Gasteiger charge is -2.29. The number of hydrogen-bond acceptors (Lipinski definition) is 3. The average molecular weight is 399 g/mol. The Labute approximate surface area is 172 Å². The molecule has 0 aliphatic rings. The summed E-state index contributed by atoms with van der Waals surface area (Å²) in [6.45, 7) is 6.20. The highest BCUT2D eigenvalue weighted by atomic mass is 32.2. The third-order valence-electron chi connectivity index (χ3n) is 4.41. The zero-order valence-corrected chi connectivity index (χ0v) is 17.7. The van der Waals surface area contributed by atoms with Gasteiger partial charge in [-0.1, -0.05) is 48.5 Å². The first-order chi connectivity index (χ1) is 13.5. The number of thioether (sulfide) groups is 1. The Hall–Kier alpha value is -2.27. The van der Waals surface area contributed by atoms with Gasteiger partial charge in [-0.2, -0.15) is 0 Å². The maximum absolute atomic E-state index is 12.9. The summed E-state index contributed by atoms with van der Waals surface area (Å²) in [4.78, 5) is 28.3. The topological polar surface area (TPSA) is 49.4 Å². The molecule has 150 valence electrons. The molecule has 0 bridgehead atoms. The highest BCUT2D eigenvalue weighted by Crippen LogP contribution is 2.19. The molecular weight excluding hydrogens is 368 g/mol. The van der Waals surface area contributed by atoms with Crippen molar-refractivity contribution in [2.24, 2.45) is 0 Å². The van der Waals surface area contributed by atoms with Crippen molar-refractivity contribution in [1.82, 2.24) is 10.2 Å². The standard InChI is InChI=1S/C23H30N2O2S/c1-18(2)24-23(27)19(3)25(16-14-20-10-6-4-7-11-20)22(26)15-17-28-21-12-8-5-9-13-21/h4-13,18-19H,14-17H2,1-3H3,(H,24,27). The van der Waals surface area contributed by atoms with Gasteiger partial charge >= 0.3 is 0 Å². The Morgan fingerprint density at radius 1 is 0.964 bits per heavy atom. The first-order valence-corrected chi connectivity index (χ1v) is 10.8. The van der Waals surface area contributed by atoms with E-state index in [1.807, 2.05) is 81.4 Å². The van der Waals surface area contributed by atoms with Crippen LogP contribution in [0.15, 0.2) is 65.6 Å². The molecule has 0 spiro atoms. The summed E-state index contributed by atoms with van der Waals surface area (Å²) in [6, 6.07) is 19.7. The molecule has 1 unspecified atom stereocenters. The Kier molecular flexibility index (Phi) is 9.08. The first-order valence-electron chi connectivity index (χ1n) is 9.79. The lowest BCUT2D eigenvalue weighted by atomic mass is 10.1. The normalized spacial score (nSPS) is 11.9. The maximum atomic E-state index is 12.9. The van der Waals surface area contributed by atoms with Crippen LogP contribution in [0.4, 0.5) is 0 Å². The quantitative estimate of drug-likeness (QED) is 0.612. The van der Waals surface area contributed by atoms with Gasteiger partial charge in [-0.3, -0.25) is 9.59 Å². The second-order valence-electron chi connectivity index (χ2n) is 7.07. The molecule has 4 nitrogen and oxygen atoms in total. The van der Waals surface area contributed by atoms with Crippen molar-refractivity contribution in [2.45, 2.75) is 50.6 Å². The number of rotatable bonds is 10. The Morgan fingerprint density at radius 2 is 1.57 bits per heavy atom. The van der Waals surface area contributed by atoms with Gasteiger partial charge in [0, 0.05) is 29.7 Å². The van der Waals surface area contributed by atoms with E-state index in [2.05, 4.69) is 5.32 Å². The van der Waals surface area contributed by atoms with E-state index in [0.717, 1.165) is 16.9 Å². The van der Waals surface area contributed by atoms with E-state index in [9.17, 15) is 9.59 Å². The van der Waals surface area contributed by atoms with Crippen LogP contribution in [0.2, 0.25) is 0 Å². The van der Waals surface area contributed by atoms with Crippen LogP contribution in [-0.4, -0.2) is 41.1 Å². The molecule has 2 aromatic rings.